The van der Waals surface area contributed by atoms with Crippen LogP contribution in [0.3, 0.4) is 0 Å². The molecule has 0 aromatic carbocycles. The summed E-state index contributed by atoms with van der Waals surface area (Å²) in [5.41, 5.74) is 2.41. The summed E-state index contributed by atoms with van der Waals surface area (Å²) in [6.45, 7) is 4.06. The van der Waals surface area contributed by atoms with E-state index in [1.807, 2.05) is 17.9 Å². The van der Waals surface area contributed by atoms with Crippen molar-refractivity contribution < 1.29 is 5.11 Å². The summed E-state index contributed by atoms with van der Waals surface area (Å²) in [5.74, 6) is 0. The molecule has 0 aliphatic rings. The first-order valence-corrected chi connectivity index (χ1v) is 5.11. The van der Waals surface area contributed by atoms with E-state index in [1.54, 1.807) is 0 Å². The Bertz CT molecular complexity index is 270. The average Bonchev–Trinajstić information content (AvgIpc) is 2.54. The molecular weight excluding hydrogens is 178 g/mol. The number of aliphatic hydroxyl groups is 1. The van der Waals surface area contributed by atoms with Gasteiger partial charge in [-0.1, -0.05) is 6.92 Å². The number of rotatable bonds is 6. The van der Waals surface area contributed by atoms with Crippen molar-refractivity contribution in [3.05, 3.63) is 17.5 Å². The lowest BCUT2D eigenvalue weighted by atomic mass is 10.2. The molecule has 0 radical (unpaired) electrons. The summed E-state index contributed by atoms with van der Waals surface area (Å²) < 4.78 is 1.85. The van der Waals surface area contributed by atoms with Crippen molar-refractivity contribution in [1.29, 1.82) is 0 Å². The highest BCUT2D eigenvalue weighted by atomic mass is 16.3. The quantitative estimate of drug-likeness (QED) is 0.651. The van der Waals surface area contributed by atoms with Gasteiger partial charge in [-0.15, -0.1) is 0 Å². The predicted molar refractivity (Wildman–Crippen MR) is 56.0 cm³/mol. The maximum absolute atomic E-state index is 8.61. The standard InChI is InChI=1S/C10H19N3O/c1-3-10-9(8-13(2)12-10)7-11-5-4-6-14/h8,11,14H,3-7H2,1-2H3. The first kappa shape index (κ1) is 11.2. The van der Waals surface area contributed by atoms with Gasteiger partial charge in [0.25, 0.3) is 0 Å². The van der Waals surface area contributed by atoms with Gasteiger partial charge in [-0.2, -0.15) is 5.10 Å². The third-order valence-electron chi connectivity index (χ3n) is 2.15. The van der Waals surface area contributed by atoms with Crippen LogP contribution in [0.2, 0.25) is 0 Å². The second-order valence-electron chi connectivity index (χ2n) is 3.38. The molecule has 14 heavy (non-hydrogen) atoms. The molecule has 1 heterocycles. The molecule has 1 rings (SSSR count). The summed E-state index contributed by atoms with van der Waals surface area (Å²) in [5, 5.41) is 16.2. The molecule has 0 bridgehead atoms. The number of hydrogen-bond donors (Lipinski definition) is 2. The van der Waals surface area contributed by atoms with Gasteiger partial charge in [0.2, 0.25) is 0 Å². The fourth-order valence-corrected chi connectivity index (χ4v) is 1.46. The predicted octanol–water partition coefficient (Wildman–Crippen LogP) is 0.455. The van der Waals surface area contributed by atoms with Crippen LogP contribution in [0.4, 0.5) is 0 Å². The zero-order chi connectivity index (χ0) is 10.4. The second kappa shape index (κ2) is 5.78. The Morgan fingerprint density at radius 3 is 3.00 bits per heavy atom. The van der Waals surface area contributed by atoms with Crippen LogP contribution in [0.1, 0.15) is 24.6 Å². The molecule has 0 aliphatic heterocycles. The largest absolute Gasteiger partial charge is 0.396 e. The van der Waals surface area contributed by atoms with Crippen molar-refractivity contribution >= 4 is 0 Å². The summed E-state index contributed by atoms with van der Waals surface area (Å²) in [7, 11) is 1.94. The Hall–Kier alpha value is -0.870. The van der Waals surface area contributed by atoms with E-state index < -0.39 is 0 Å². The van der Waals surface area contributed by atoms with E-state index >= 15 is 0 Å². The topological polar surface area (TPSA) is 50.1 Å². The lowest BCUT2D eigenvalue weighted by molar-refractivity contribution is 0.286. The van der Waals surface area contributed by atoms with E-state index in [2.05, 4.69) is 17.3 Å². The molecule has 2 N–H and O–H groups in total. The zero-order valence-corrected chi connectivity index (χ0v) is 8.95. The molecule has 0 saturated heterocycles. The SMILES string of the molecule is CCc1nn(C)cc1CNCCCO. The minimum Gasteiger partial charge on any atom is -0.396 e. The molecular formula is C10H19N3O. The Morgan fingerprint density at radius 2 is 2.36 bits per heavy atom. The van der Waals surface area contributed by atoms with Crippen LogP contribution in [-0.4, -0.2) is 28.0 Å². The zero-order valence-electron chi connectivity index (χ0n) is 8.95. The molecule has 0 amide bonds. The number of aryl methyl sites for hydroxylation is 2. The molecule has 4 nitrogen and oxygen atoms in total. The monoisotopic (exact) mass is 197 g/mol. The van der Waals surface area contributed by atoms with Crippen LogP contribution in [-0.2, 0) is 20.0 Å². The molecule has 0 spiro atoms. The normalized spacial score (nSPS) is 10.8. The van der Waals surface area contributed by atoms with Gasteiger partial charge >= 0.3 is 0 Å². The van der Waals surface area contributed by atoms with Crippen molar-refractivity contribution in [1.82, 2.24) is 15.1 Å². The summed E-state index contributed by atoms with van der Waals surface area (Å²) in [6.07, 6.45) is 3.82. The van der Waals surface area contributed by atoms with Crippen molar-refractivity contribution in [2.45, 2.75) is 26.3 Å². The van der Waals surface area contributed by atoms with E-state index in [0.29, 0.717) is 0 Å². The molecule has 1 aromatic heterocycles. The highest BCUT2D eigenvalue weighted by Gasteiger charge is 2.04. The van der Waals surface area contributed by atoms with Crippen LogP contribution >= 0.6 is 0 Å². The number of nitrogens with one attached hydrogen (secondary N) is 1. The highest BCUT2D eigenvalue weighted by molar-refractivity contribution is 5.16. The van der Waals surface area contributed by atoms with Crippen molar-refractivity contribution in [3.63, 3.8) is 0 Å². The molecule has 80 valence electrons. The smallest absolute Gasteiger partial charge is 0.0666 e. The van der Waals surface area contributed by atoms with Gasteiger partial charge in [0.1, 0.15) is 0 Å². The molecule has 0 unspecified atom stereocenters. The lowest BCUT2D eigenvalue weighted by Gasteiger charge is -2.02. The van der Waals surface area contributed by atoms with Crippen LogP contribution in [0, 0.1) is 0 Å². The van der Waals surface area contributed by atoms with Crippen LogP contribution in [0.5, 0.6) is 0 Å². The van der Waals surface area contributed by atoms with E-state index in [9.17, 15) is 0 Å². The molecule has 0 aliphatic carbocycles. The maximum atomic E-state index is 8.61. The molecule has 1 aromatic rings. The highest BCUT2D eigenvalue weighted by Crippen LogP contribution is 2.06. The number of aromatic nitrogens is 2. The number of nitrogens with zero attached hydrogens (tertiary/aromatic N) is 2. The van der Waals surface area contributed by atoms with Crippen molar-refractivity contribution in [2.75, 3.05) is 13.2 Å². The van der Waals surface area contributed by atoms with E-state index in [0.717, 1.165) is 31.6 Å². The van der Waals surface area contributed by atoms with Crippen LogP contribution in [0.25, 0.3) is 0 Å². The number of hydrogen-bond acceptors (Lipinski definition) is 3. The Balaban J connectivity index is 2.41. The Morgan fingerprint density at radius 1 is 1.57 bits per heavy atom. The second-order valence-corrected chi connectivity index (χ2v) is 3.38. The van der Waals surface area contributed by atoms with E-state index in [4.69, 9.17) is 5.11 Å². The van der Waals surface area contributed by atoms with Gasteiger partial charge in [-0.05, 0) is 19.4 Å². The fraction of sp³-hybridized carbons (Fsp3) is 0.700. The summed E-state index contributed by atoms with van der Waals surface area (Å²) in [4.78, 5) is 0. The third kappa shape index (κ3) is 3.12. The summed E-state index contributed by atoms with van der Waals surface area (Å²) in [6, 6.07) is 0. The minimum absolute atomic E-state index is 0.251. The van der Waals surface area contributed by atoms with Crippen molar-refractivity contribution in [2.24, 2.45) is 7.05 Å². The van der Waals surface area contributed by atoms with Crippen LogP contribution < -0.4 is 5.32 Å². The first-order valence-electron chi connectivity index (χ1n) is 5.11. The molecule has 0 saturated carbocycles. The van der Waals surface area contributed by atoms with Gasteiger partial charge < -0.3 is 10.4 Å². The van der Waals surface area contributed by atoms with Crippen LogP contribution in [0.15, 0.2) is 6.20 Å². The van der Waals surface area contributed by atoms with E-state index in [-0.39, 0.29) is 6.61 Å². The molecule has 0 fully saturated rings. The maximum Gasteiger partial charge on any atom is 0.0666 e. The first-order chi connectivity index (χ1) is 6.77. The van der Waals surface area contributed by atoms with Gasteiger partial charge in [0.15, 0.2) is 0 Å². The molecule has 4 heteroatoms. The average molecular weight is 197 g/mol. The van der Waals surface area contributed by atoms with Gasteiger partial charge in [0, 0.05) is 32.0 Å². The number of aliphatic hydroxyl groups excluding tert-OH is 1. The Labute approximate surface area is 84.9 Å². The minimum atomic E-state index is 0.251. The van der Waals surface area contributed by atoms with Gasteiger partial charge in [-0.25, -0.2) is 0 Å². The summed E-state index contributed by atoms with van der Waals surface area (Å²) >= 11 is 0. The van der Waals surface area contributed by atoms with Crippen molar-refractivity contribution in [3.8, 4) is 0 Å². The third-order valence-corrected chi connectivity index (χ3v) is 2.15. The van der Waals surface area contributed by atoms with E-state index in [1.165, 1.54) is 5.56 Å². The van der Waals surface area contributed by atoms with Gasteiger partial charge in [-0.3, -0.25) is 4.68 Å². The Kier molecular flexibility index (Phi) is 4.62. The lowest BCUT2D eigenvalue weighted by Crippen LogP contribution is -2.16. The molecule has 0 atom stereocenters. The van der Waals surface area contributed by atoms with Gasteiger partial charge in [0.05, 0.1) is 5.69 Å². The fourth-order valence-electron chi connectivity index (χ4n) is 1.46.